The van der Waals surface area contributed by atoms with Gasteiger partial charge in [0.2, 0.25) is 0 Å². The summed E-state index contributed by atoms with van der Waals surface area (Å²) in [4.78, 5) is 13.9. The van der Waals surface area contributed by atoms with Crippen LogP contribution in [0.4, 0.5) is 10.5 Å². The van der Waals surface area contributed by atoms with Crippen molar-refractivity contribution in [3.63, 3.8) is 0 Å². The molecule has 1 saturated heterocycles. The number of anilines is 1. The third kappa shape index (κ3) is 4.90. The van der Waals surface area contributed by atoms with Crippen LogP contribution in [0.5, 0.6) is 0 Å². The van der Waals surface area contributed by atoms with Crippen molar-refractivity contribution in [2.75, 3.05) is 25.0 Å². The van der Waals surface area contributed by atoms with Crippen molar-refractivity contribution < 1.29 is 9.53 Å². The summed E-state index contributed by atoms with van der Waals surface area (Å²) < 4.78 is 6.50. The van der Waals surface area contributed by atoms with Gasteiger partial charge in [-0.05, 0) is 73.7 Å². The number of benzene rings is 1. The Bertz CT molecular complexity index is 540. The van der Waals surface area contributed by atoms with Crippen LogP contribution in [-0.2, 0) is 4.74 Å². The summed E-state index contributed by atoms with van der Waals surface area (Å²) in [5, 5.41) is 3.48. The van der Waals surface area contributed by atoms with E-state index in [1.807, 2.05) is 25.7 Å². The average Bonchev–Trinajstić information content (AvgIpc) is 2.87. The Labute approximate surface area is 141 Å². The highest BCUT2D eigenvalue weighted by atomic mass is 79.9. The fourth-order valence-electron chi connectivity index (χ4n) is 2.52. The SMILES string of the molecule is Cc1ccc(Br)c(NCC2CCN(C(=O)OC(C)(C)C)C2)c1. The largest absolute Gasteiger partial charge is 0.444 e. The molecule has 1 amide bonds. The molecule has 4 nitrogen and oxygen atoms in total. The first kappa shape index (κ1) is 17.1. The van der Waals surface area contributed by atoms with Gasteiger partial charge < -0.3 is 15.0 Å². The van der Waals surface area contributed by atoms with Gasteiger partial charge in [0.05, 0.1) is 0 Å². The predicted octanol–water partition coefficient (Wildman–Crippen LogP) is 4.43. The first-order valence-electron chi connectivity index (χ1n) is 7.72. The predicted molar refractivity (Wildman–Crippen MR) is 93.3 cm³/mol. The van der Waals surface area contributed by atoms with Crippen molar-refractivity contribution in [3.05, 3.63) is 28.2 Å². The van der Waals surface area contributed by atoms with Gasteiger partial charge in [0.1, 0.15) is 5.60 Å². The highest BCUT2D eigenvalue weighted by molar-refractivity contribution is 9.10. The number of likely N-dealkylation sites (tertiary alicyclic amines) is 1. The molecule has 1 aromatic carbocycles. The Balaban J connectivity index is 1.84. The summed E-state index contributed by atoms with van der Waals surface area (Å²) >= 11 is 3.56. The third-order valence-corrected chi connectivity index (χ3v) is 4.33. The molecule has 2 rings (SSSR count). The first-order valence-corrected chi connectivity index (χ1v) is 8.52. The Morgan fingerprint density at radius 2 is 2.18 bits per heavy atom. The summed E-state index contributed by atoms with van der Waals surface area (Å²) in [6, 6.07) is 6.26. The number of halogens is 1. The van der Waals surface area contributed by atoms with Crippen LogP contribution in [0.15, 0.2) is 22.7 Å². The van der Waals surface area contributed by atoms with Crippen molar-refractivity contribution in [2.45, 2.75) is 39.7 Å². The number of hydrogen-bond donors (Lipinski definition) is 1. The maximum Gasteiger partial charge on any atom is 0.410 e. The zero-order valence-electron chi connectivity index (χ0n) is 13.8. The Kier molecular flexibility index (Phi) is 5.37. The van der Waals surface area contributed by atoms with Gasteiger partial charge in [-0.25, -0.2) is 4.79 Å². The zero-order chi connectivity index (χ0) is 16.3. The molecule has 0 saturated carbocycles. The third-order valence-electron chi connectivity index (χ3n) is 3.64. The van der Waals surface area contributed by atoms with Gasteiger partial charge in [-0.15, -0.1) is 0 Å². The summed E-state index contributed by atoms with van der Waals surface area (Å²) in [5.74, 6) is 0.458. The van der Waals surface area contributed by atoms with Crippen molar-refractivity contribution in [1.82, 2.24) is 4.90 Å². The van der Waals surface area contributed by atoms with Gasteiger partial charge in [-0.2, -0.15) is 0 Å². The minimum atomic E-state index is -0.431. The molecule has 1 atom stereocenters. The summed E-state index contributed by atoms with van der Waals surface area (Å²) in [6.45, 7) is 10.2. The van der Waals surface area contributed by atoms with Crippen molar-refractivity contribution in [2.24, 2.45) is 5.92 Å². The number of hydrogen-bond acceptors (Lipinski definition) is 3. The second kappa shape index (κ2) is 6.90. The number of aryl methyl sites for hydroxylation is 1. The Morgan fingerprint density at radius 3 is 2.86 bits per heavy atom. The van der Waals surface area contributed by atoms with E-state index in [1.54, 1.807) is 0 Å². The van der Waals surface area contributed by atoms with Gasteiger partial charge in [0.25, 0.3) is 0 Å². The number of carbonyl (C=O) groups is 1. The van der Waals surface area contributed by atoms with E-state index in [-0.39, 0.29) is 6.09 Å². The van der Waals surface area contributed by atoms with E-state index in [0.717, 1.165) is 36.2 Å². The van der Waals surface area contributed by atoms with Gasteiger partial charge >= 0.3 is 6.09 Å². The molecule has 1 heterocycles. The van der Waals surface area contributed by atoms with Crippen LogP contribution in [0.1, 0.15) is 32.8 Å². The molecule has 0 bridgehead atoms. The maximum atomic E-state index is 12.1. The Hall–Kier alpha value is -1.23. The lowest BCUT2D eigenvalue weighted by atomic mass is 10.1. The van der Waals surface area contributed by atoms with Crippen LogP contribution in [-0.4, -0.2) is 36.2 Å². The molecule has 0 radical (unpaired) electrons. The molecule has 1 aliphatic heterocycles. The second-order valence-electron chi connectivity index (χ2n) is 6.95. The smallest absolute Gasteiger partial charge is 0.410 e. The number of ether oxygens (including phenoxy) is 1. The molecule has 1 unspecified atom stereocenters. The summed E-state index contributed by atoms with van der Waals surface area (Å²) in [6.07, 6.45) is 0.808. The van der Waals surface area contributed by atoms with Gasteiger partial charge in [0, 0.05) is 29.8 Å². The van der Waals surface area contributed by atoms with E-state index >= 15 is 0 Å². The minimum absolute atomic E-state index is 0.202. The number of carbonyl (C=O) groups excluding carboxylic acids is 1. The fourth-order valence-corrected chi connectivity index (χ4v) is 2.91. The molecule has 22 heavy (non-hydrogen) atoms. The fraction of sp³-hybridized carbons (Fsp3) is 0.588. The normalized spacial score (nSPS) is 18.4. The minimum Gasteiger partial charge on any atom is -0.444 e. The van der Waals surface area contributed by atoms with E-state index in [2.05, 4.69) is 46.4 Å². The van der Waals surface area contributed by atoms with Crippen LogP contribution in [0.25, 0.3) is 0 Å². The standard InChI is InChI=1S/C17H25BrN2O2/c1-12-5-6-14(18)15(9-12)19-10-13-7-8-20(11-13)16(21)22-17(2,3)4/h5-6,9,13,19H,7-8,10-11H2,1-4H3. The van der Waals surface area contributed by atoms with Crippen molar-refractivity contribution >= 4 is 27.7 Å². The van der Waals surface area contributed by atoms with E-state index in [9.17, 15) is 4.79 Å². The van der Waals surface area contributed by atoms with E-state index < -0.39 is 5.60 Å². The van der Waals surface area contributed by atoms with Gasteiger partial charge in [-0.3, -0.25) is 0 Å². The van der Waals surface area contributed by atoms with Gasteiger partial charge in [-0.1, -0.05) is 6.07 Å². The molecular weight excluding hydrogens is 344 g/mol. The molecule has 0 aliphatic carbocycles. The lowest BCUT2D eigenvalue weighted by Gasteiger charge is -2.24. The average molecular weight is 369 g/mol. The molecule has 0 spiro atoms. The Morgan fingerprint density at radius 1 is 1.45 bits per heavy atom. The van der Waals surface area contributed by atoms with Crippen LogP contribution >= 0.6 is 15.9 Å². The van der Waals surface area contributed by atoms with Crippen LogP contribution in [0.3, 0.4) is 0 Å². The highest BCUT2D eigenvalue weighted by Crippen LogP contribution is 2.25. The molecule has 5 heteroatoms. The molecular formula is C17H25BrN2O2. The first-order chi connectivity index (χ1) is 10.2. The van der Waals surface area contributed by atoms with Crippen LogP contribution in [0.2, 0.25) is 0 Å². The topological polar surface area (TPSA) is 41.6 Å². The van der Waals surface area contributed by atoms with Crippen molar-refractivity contribution in [1.29, 1.82) is 0 Å². The molecule has 122 valence electrons. The summed E-state index contributed by atoms with van der Waals surface area (Å²) in [5.41, 5.74) is 1.91. The summed E-state index contributed by atoms with van der Waals surface area (Å²) in [7, 11) is 0. The zero-order valence-corrected chi connectivity index (χ0v) is 15.4. The maximum absolute atomic E-state index is 12.1. The lowest BCUT2D eigenvalue weighted by molar-refractivity contribution is 0.0289. The van der Waals surface area contributed by atoms with Crippen LogP contribution in [0, 0.1) is 12.8 Å². The number of nitrogens with zero attached hydrogens (tertiary/aromatic N) is 1. The molecule has 0 aromatic heterocycles. The molecule has 1 aromatic rings. The molecule has 1 fully saturated rings. The van der Waals surface area contributed by atoms with Crippen molar-refractivity contribution in [3.8, 4) is 0 Å². The number of amides is 1. The molecule has 1 aliphatic rings. The monoisotopic (exact) mass is 368 g/mol. The van der Waals surface area contributed by atoms with E-state index in [1.165, 1.54) is 5.56 Å². The number of rotatable bonds is 3. The molecule has 1 N–H and O–H groups in total. The van der Waals surface area contributed by atoms with E-state index in [4.69, 9.17) is 4.74 Å². The second-order valence-corrected chi connectivity index (χ2v) is 7.80. The lowest BCUT2D eigenvalue weighted by Crippen LogP contribution is -2.35. The van der Waals surface area contributed by atoms with Gasteiger partial charge in [0.15, 0.2) is 0 Å². The quantitative estimate of drug-likeness (QED) is 0.857. The number of nitrogens with one attached hydrogen (secondary N) is 1. The highest BCUT2D eigenvalue weighted by Gasteiger charge is 2.29. The van der Waals surface area contributed by atoms with Crippen LogP contribution < -0.4 is 5.32 Å². The van der Waals surface area contributed by atoms with E-state index in [0.29, 0.717) is 5.92 Å².